The lowest BCUT2D eigenvalue weighted by molar-refractivity contribution is -0.136. The number of thiazole rings is 1. The number of carbonyl (C=O) groups excluding carboxylic acids is 3. The molecule has 52 heavy (non-hydrogen) atoms. The Kier molecular flexibility index (Phi) is 11.4. The van der Waals surface area contributed by atoms with Gasteiger partial charge >= 0.3 is 0 Å². The van der Waals surface area contributed by atoms with Crippen LogP contribution in [0.5, 0.6) is 11.5 Å². The lowest BCUT2D eigenvalue weighted by atomic mass is 9.93. The SMILES string of the molecule is CCCCCCNC(=O)[C@@H]1C[C@H](Oc2cc(-c3nc(C(C)C)cs3)nc3c(Cl)c(OC)ccc23)C[C@H]1C(=O)N[C@]1(C(=O)NS(=O)(=O)C2CC2)C[C@H]1C. The third kappa shape index (κ3) is 8.03. The fraction of sp³-hybridized carbons (Fsp3) is 0.595. The Morgan fingerprint density at radius 1 is 1.06 bits per heavy atom. The van der Waals surface area contributed by atoms with Gasteiger partial charge in [0.15, 0.2) is 0 Å². The Hall–Kier alpha value is -3.49. The van der Waals surface area contributed by atoms with Gasteiger partial charge in [0, 0.05) is 23.4 Å². The smallest absolute Gasteiger partial charge is 0.259 e. The quantitative estimate of drug-likeness (QED) is 0.146. The van der Waals surface area contributed by atoms with Gasteiger partial charge in [-0.25, -0.2) is 18.4 Å². The third-order valence-corrected chi connectivity index (χ3v) is 13.5. The number of nitrogens with zero attached hydrogens (tertiary/aromatic N) is 2. The van der Waals surface area contributed by atoms with Gasteiger partial charge in [-0.15, -0.1) is 11.3 Å². The molecular formula is C37H48ClN5O7S2. The second-order valence-corrected chi connectivity index (χ2v) is 17.9. The van der Waals surface area contributed by atoms with Crippen LogP contribution in [-0.4, -0.2) is 66.7 Å². The number of unbranched alkanes of at least 4 members (excludes halogenated alkanes) is 3. The lowest BCUT2D eigenvalue weighted by Gasteiger charge is -2.23. The lowest BCUT2D eigenvalue weighted by Crippen LogP contribution is -2.54. The largest absolute Gasteiger partial charge is 0.495 e. The summed E-state index contributed by atoms with van der Waals surface area (Å²) in [7, 11) is -2.27. The maximum Gasteiger partial charge on any atom is 0.259 e. The molecule has 5 atom stereocenters. The summed E-state index contributed by atoms with van der Waals surface area (Å²) in [6.45, 7) is 8.55. The molecule has 15 heteroatoms. The van der Waals surface area contributed by atoms with Gasteiger partial charge in [-0.3, -0.25) is 19.1 Å². The first-order chi connectivity index (χ1) is 24.8. The van der Waals surface area contributed by atoms with Crippen molar-refractivity contribution in [2.45, 2.75) is 108 Å². The number of halogens is 1. The minimum Gasteiger partial charge on any atom is -0.495 e. The average molecular weight is 774 g/mol. The Morgan fingerprint density at radius 2 is 1.77 bits per heavy atom. The van der Waals surface area contributed by atoms with Crippen molar-refractivity contribution >= 4 is 61.6 Å². The van der Waals surface area contributed by atoms with Crippen LogP contribution in [0, 0.1) is 17.8 Å². The topological polar surface area (TPSA) is 166 Å². The van der Waals surface area contributed by atoms with Crippen LogP contribution in [0.4, 0.5) is 0 Å². The molecule has 0 aliphatic heterocycles. The number of sulfonamides is 1. The molecular weight excluding hydrogens is 726 g/mol. The number of hydrogen-bond acceptors (Lipinski definition) is 10. The fourth-order valence-electron chi connectivity index (χ4n) is 6.95. The number of methoxy groups -OCH3 is 1. The summed E-state index contributed by atoms with van der Waals surface area (Å²) in [6, 6.07) is 5.37. The van der Waals surface area contributed by atoms with Crippen molar-refractivity contribution in [1.82, 2.24) is 25.3 Å². The molecule has 3 fully saturated rings. The molecule has 3 aliphatic rings. The number of nitrogens with one attached hydrogen (secondary N) is 3. The molecule has 3 amide bonds. The van der Waals surface area contributed by atoms with Crippen molar-refractivity contribution in [2.24, 2.45) is 17.8 Å². The van der Waals surface area contributed by atoms with E-state index in [-0.39, 0.29) is 30.6 Å². The van der Waals surface area contributed by atoms with Crippen LogP contribution in [0.1, 0.15) is 97.1 Å². The molecule has 3 N–H and O–H groups in total. The molecule has 2 heterocycles. The highest BCUT2D eigenvalue weighted by atomic mass is 35.5. The standard InChI is InChI=1S/C37H48ClN5O7S2/c1-6-7-8-9-14-39-33(44)25-15-22(16-26(25)34(45)42-37(18-21(37)4)36(46)43-52(47,48)23-10-11-23)50-30-17-27(35-41-28(19-51-35)20(2)3)40-32-24(30)12-13-29(49-5)31(32)38/h12-13,17,19-23,25-26H,6-11,14-16,18H2,1-5H3,(H,39,44)(H,42,45)(H,43,46)/t21-,22+,25-,26-,37-/m1/s1. The number of pyridine rings is 1. The van der Waals surface area contributed by atoms with E-state index in [2.05, 4.69) is 36.1 Å². The van der Waals surface area contributed by atoms with Crippen molar-refractivity contribution in [2.75, 3.05) is 13.7 Å². The van der Waals surface area contributed by atoms with Crippen LogP contribution in [0.3, 0.4) is 0 Å². The molecule has 0 bridgehead atoms. The van der Waals surface area contributed by atoms with Gasteiger partial charge in [-0.2, -0.15) is 0 Å². The van der Waals surface area contributed by atoms with Crippen molar-refractivity contribution in [1.29, 1.82) is 0 Å². The Bertz CT molecular complexity index is 1950. The number of fused-ring (bicyclic) bond motifs is 1. The molecule has 3 saturated carbocycles. The zero-order valence-corrected chi connectivity index (χ0v) is 32.7. The second-order valence-electron chi connectivity index (χ2n) is 14.7. The Labute approximate surface area is 314 Å². The number of benzene rings is 1. The van der Waals surface area contributed by atoms with E-state index >= 15 is 0 Å². The van der Waals surface area contributed by atoms with Gasteiger partial charge in [0.2, 0.25) is 21.8 Å². The summed E-state index contributed by atoms with van der Waals surface area (Å²) >= 11 is 8.25. The third-order valence-electron chi connectivity index (χ3n) is 10.5. The van der Waals surface area contributed by atoms with Gasteiger partial charge in [-0.05, 0) is 62.5 Å². The maximum absolute atomic E-state index is 14.1. The summed E-state index contributed by atoms with van der Waals surface area (Å²) in [6.07, 6.45) is 5.16. The predicted octanol–water partition coefficient (Wildman–Crippen LogP) is 6.12. The van der Waals surface area contributed by atoms with Crippen LogP contribution in [0.2, 0.25) is 5.02 Å². The number of rotatable bonds is 16. The van der Waals surface area contributed by atoms with E-state index in [9.17, 15) is 22.8 Å². The summed E-state index contributed by atoms with van der Waals surface area (Å²) in [5.41, 5.74) is 0.629. The highest BCUT2D eigenvalue weighted by Gasteiger charge is 2.61. The highest BCUT2D eigenvalue weighted by Crippen LogP contribution is 2.46. The predicted molar refractivity (Wildman–Crippen MR) is 201 cm³/mol. The van der Waals surface area contributed by atoms with E-state index in [0.29, 0.717) is 63.9 Å². The molecule has 282 valence electrons. The number of carbonyl (C=O) groups is 3. The summed E-state index contributed by atoms with van der Waals surface area (Å²) < 4.78 is 39.6. The van der Waals surface area contributed by atoms with Gasteiger partial charge in [0.25, 0.3) is 5.91 Å². The first kappa shape index (κ1) is 38.2. The molecule has 1 aromatic carbocycles. The first-order valence-corrected chi connectivity index (χ1v) is 21.0. The zero-order chi connectivity index (χ0) is 37.4. The maximum atomic E-state index is 14.1. The summed E-state index contributed by atoms with van der Waals surface area (Å²) in [5, 5.41) is 8.99. The van der Waals surface area contributed by atoms with Crippen molar-refractivity contribution in [3.63, 3.8) is 0 Å². The van der Waals surface area contributed by atoms with Crippen LogP contribution in [-0.2, 0) is 24.4 Å². The molecule has 0 radical (unpaired) electrons. The van der Waals surface area contributed by atoms with E-state index < -0.39 is 50.6 Å². The first-order valence-electron chi connectivity index (χ1n) is 18.2. The van der Waals surface area contributed by atoms with E-state index in [1.165, 1.54) is 18.4 Å². The molecule has 0 unspecified atom stereocenters. The van der Waals surface area contributed by atoms with Crippen molar-refractivity contribution in [3.8, 4) is 22.2 Å². The zero-order valence-electron chi connectivity index (χ0n) is 30.3. The van der Waals surface area contributed by atoms with E-state index in [0.717, 1.165) is 31.4 Å². The van der Waals surface area contributed by atoms with E-state index in [1.54, 1.807) is 13.0 Å². The number of ether oxygens (including phenoxy) is 2. The normalized spacial score (nSPS) is 24.1. The number of aromatic nitrogens is 2. The van der Waals surface area contributed by atoms with Crippen LogP contribution in [0.15, 0.2) is 23.6 Å². The summed E-state index contributed by atoms with van der Waals surface area (Å²) in [4.78, 5) is 50.8. The van der Waals surface area contributed by atoms with Crippen LogP contribution < -0.4 is 24.8 Å². The molecule has 0 saturated heterocycles. The molecule has 0 spiro atoms. The molecule has 3 aromatic rings. The summed E-state index contributed by atoms with van der Waals surface area (Å²) in [5.74, 6) is -2.11. The van der Waals surface area contributed by atoms with Gasteiger partial charge in [-0.1, -0.05) is 58.6 Å². The molecule has 3 aliphatic carbocycles. The second kappa shape index (κ2) is 15.5. The average Bonchev–Trinajstić information content (AvgIpc) is 3.96. The molecule has 12 nitrogen and oxygen atoms in total. The van der Waals surface area contributed by atoms with Crippen LogP contribution in [0.25, 0.3) is 21.6 Å². The van der Waals surface area contributed by atoms with Crippen molar-refractivity contribution in [3.05, 3.63) is 34.3 Å². The Balaban J connectivity index is 1.27. The molecule has 6 rings (SSSR count). The minimum absolute atomic E-state index is 0.198. The van der Waals surface area contributed by atoms with Gasteiger partial charge in [0.1, 0.15) is 38.9 Å². The van der Waals surface area contributed by atoms with E-state index in [1.807, 2.05) is 17.5 Å². The van der Waals surface area contributed by atoms with Gasteiger partial charge in [0.05, 0.1) is 35.4 Å². The van der Waals surface area contributed by atoms with Crippen molar-refractivity contribution < 1.29 is 32.3 Å². The number of amides is 3. The Morgan fingerprint density at radius 3 is 2.38 bits per heavy atom. The minimum atomic E-state index is -3.81. The molecule has 2 aromatic heterocycles. The van der Waals surface area contributed by atoms with Gasteiger partial charge < -0.3 is 20.1 Å². The fourth-order valence-corrected chi connectivity index (χ4v) is 9.54. The number of hydrogen-bond donors (Lipinski definition) is 3. The monoisotopic (exact) mass is 773 g/mol. The highest BCUT2D eigenvalue weighted by molar-refractivity contribution is 7.91. The van der Waals surface area contributed by atoms with Crippen LogP contribution >= 0.6 is 22.9 Å². The van der Waals surface area contributed by atoms with E-state index in [4.69, 9.17) is 31.0 Å².